The highest BCUT2D eigenvalue weighted by molar-refractivity contribution is 5.90. The number of nitrogens with zero attached hydrogens (tertiary/aromatic N) is 3. The summed E-state index contributed by atoms with van der Waals surface area (Å²) in [5.41, 5.74) is 5.80. The average Bonchev–Trinajstić information content (AvgIpc) is 2.87. The zero-order chi connectivity index (χ0) is 14.0. The Hall–Kier alpha value is -2.74. The van der Waals surface area contributed by atoms with E-state index in [-0.39, 0.29) is 18.0 Å². The molecule has 0 aliphatic rings. The zero-order valence-electron chi connectivity index (χ0n) is 9.68. The number of hydrogen-bond acceptors (Lipinski definition) is 5. The second-order valence-corrected chi connectivity index (χ2v) is 3.74. The average molecular weight is 262 g/mol. The van der Waals surface area contributed by atoms with E-state index in [1.807, 2.05) is 0 Å². The summed E-state index contributed by atoms with van der Waals surface area (Å²) in [4.78, 5) is 21.0. The number of aliphatic hydroxyl groups excluding tert-OH is 1. The molecule has 0 aliphatic heterocycles. The highest BCUT2D eigenvalue weighted by Gasteiger charge is 2.13. The highest BCUT2D eigenvalue weighted by atomic mass is 16.6. The molecule has 1 aromatic heterocycles. The maximum absolute atomic E-state index is 11.0. The lowest BCUT2D eigenvalue weighted by molar-refractivity contribution is -0.384. The zero-order valence-corrected chi connectivity index (χ0v) is 9.68. The molecule has 0 saturated carbocycles. The molecule has 0 spiro atoms. The summed E-state index contributed by atoms with van der Waals surface area (Å²) in [5, 5.41) is 23.8. The summed E-state index contributed by atoms with van der Waals surface area (Å²) in [6.45, 7) is -0.386. The van der Waals surface area contributed by atoms with Crippen LogP contribution in [0.1, 0.15) is 16.1 Å². The molecular formula is C11H10N4O4. The third kappa shape index (κ3) is 2.43. The molecule has 8 heteroatoms. The second-order valence-electron chi connectivity index (χ2n) is 3.74. The molecule has 0 fully saturated rings. The minimum Gasteiger partial charge on any atom is -0.392 e. The minimum absolute atomic E-state index is 0.0715. The minimum atomic E-state index is -0.675. The van der Waals surface area contributed by atoms with E-state index in [1.165, 1.54) is 35.1 Å². The van der Waals surface area contributed by atoms with Gasteiger partial charge in [-0.3, -0.25) is 14.9 Å². The van der Waals surface area contributed by atoms with Crippen molar-refractivity contribution in [2.24, 2.45) is 5.73 Å². The number of amides is 1. The second kappa shape index (κ2) is 4.86. The molecule has 98 valence electrons. The van der Waals surface area contributed by atoms with Gasteiger partial charge >= 0.3 is 0 Å². The van der Waals surface area contributed by atoms with Crippen molar-refractivity contribution in [3.05, 3.63) is 51.8 Å². The largest absolute Gasteiger partial charge is 0.392 e. The molecule has 1 amide bonds. The van der Waals surface area contributed by atoms with Crippen LogP contribution in [0.4, 0.5) is 5.69 Å². The molecule has 19 heavy (non-hydrogen) atoms. The summed E-state index contributed by atoms with van der Waals surface area (Å²) in [6, 6.07) is 5.41. The van der Waals surface area contributed by atoms with Crippen molar-refractivity contribution >= 4 is 11.6 Å². The lowest BCUT2D eigenvalue weighted by Crippen LogP contribution is -2.12. The van der Waals surface area contributed by atoms with E-state index < -0.39 is 10.8 Å². The van der Waals surface area contributed by atoms with Gasteiger partial charge in [0.1, 0.15) is 5.69 Å². The molecule has 0 saturated heterocycles. The number of nitrogens with two attached hydrogens (primary N) is 1. The number of nitro benzene ring substituents is 1. The number of aliphatic hydroxyl groups is 1. The number of carbonyl (C=O) groups is 1. The monoisotopic (exact) mass is 262 g/mol. The Kier molecular flexibility index (Phi) is 3.25. The number of nitro groups is 1. The van der Waals surface area contributed by atoms with Crippen molar-refractivity contribution in [3.63, 3.8) is 0 Å². The van der Waals surface area contributed by atoms with Crippen molar-refractivity contribution in [3.8, 4) is 5.69 Å². The van der Waals surface area contributed by atoms with E-state index in [0.29, 0.717) is 11.3 Å². The van der Waals surface area contributed by atoms with Crippen LogP contribution in [0.3, 0.4) is 0 Å². The van der Waals surface area contributed by atoms with Gasteiger partial charge in [0.25, 0.3) is 11.6 Å². The number of rotatable bonds is 4. The first-order chi connectivity index (χ1) is 9.02. The van der Waals surface area contributed by atoms with Crippen LogP contribution in [0.5, 0.6) is 0 Å². The molecular weight excluding hydrogens is 252 g/mol. The van der Waals surface area contributed by atoms with Gasteiger partial charge in [0.05, 0.1) is 17.2 Å². The van der Waals surface area contributed by atoms with Crippen LogP contribution >= 0.6 is 0 Å². The molecule has 0 radical (unpaired) electrons. The summed E-state index contributed by atoms with van der Waals surface area (Å²) < 4.78 is 1.33. The molecule has 1 heterocycles. The third-order valence-corrected chi connectivity index (χ3v) is 2.53. The fourth-order valence-electron chi connectivity index (χ4n) is 1.63. The van der Waals surface area contributed by atoms with Gasteiger partial charge in [-0.15, -0.1) is 0 Å². The Morgan fingerprint density at radius 3 is 2.74 bits per heavy atom. The maximum Gasteiger partial charge on any atom is 0.269 e. The van der Waals surface area contributed by atoms with Crippen molar-refractivity contribution in [1.29, 1.82) is 0 Å². The molecule has 8 nitrogen and oxygen atoms in total. The topological polar surface area (TPSA) is 124 Å². The number of non-ortho nitro benzene ring substituents is 1. The van der Waals surface area contributed by atoms with Crippen LogP contribution in [-0.2, 0) is 6.61 Å². The number of hydrogen-bond donors (Lipinski definition) is 2. The third-order valence-electron chi connectivity index (χ3n) is 2.53. The van der Waals surface area contributed by atoms with Gasteiger partial charge in [-0.2, -0.15) is 5.10 Å². The Morgan fingerprint density at radius 1 is 1.47 bits per heavy atom. The first-order valence-corrected chi connectivity index (χ1v) is 5.27. The van der Waals surface area contributed by atoms with E-state index in [0.717, 1.165) is 0 Å². The molecule has 1 aromatic carbocycles. The van der Waals surface area contributed by atoms with E-state index in [1.54, 1.807) is 0 Å². The standard InChI is InChI=1S/C11H10N4O4/c12-11(17)9-3-4-14(13-9)10-2-1-8(15(18)19)5-7(10)6-16/h1-5,16H,6H2,(H2,12,17). The van der Waals surface area contributed by atoms with Crippen molar-refractivity contribution < 1.29 is 14.8 Å². The van der Waals surface area contributed by atoms with Gasteiger partial charge in [-0.25, -0.2) is 4.68 Å². The van der Waals surface area contributed by atoms with Gasteiger partial charge < -0.3 is 10.8 Å². The van der Waals surface area contributed by atoms with Crippen molar-refractivity contribution in [1.82, 2.24) is 9.78 Å². The summed E-state index contributed by atoms with van der Waals surface area (Å²) >= 11 is 0. The van der Waals surface area contributed by atoms with Crippen LogP contribution in [0, 0.1) is 10.1 Å². The maximum atomic E-state index is 11.0. The van der Waals surface area contributed by atoms with Crippen LogP contribution < -0.4 is 5.73 Å². The predicted octanol–water partition coefficient (Wildman–Crippen LogP) is 0.372. The molecule has 2 aromatic rings. The number of carbonyl (C=O) groups excluding carboxylic acids is 1. The number of aromatic nitrogens is 2. The van der Waals surface area contributed by atoms with Crippen molar-refractivity contribution in [2.75, 3.05) is 0 Å². The molecule has 0 bridgehead atoms. The number of benzene rings is 1. The van der Waals surface area contributed by atoms with Gasteiger partial charge in [0, 0.05) is 23.9 Å². The first kappa shape index (κ1) is 12.7. The molecule has 0 aliphatic carbocycles. The quantitative estimate of drug-likeness (QED) is 0.608. The Morgan fingerprint density at radius 2 is 2.21 bits per heavy atom. The molecule has 2 rings (SSSR count). The lowest BCUT2D eigenvalue weighted by atomic mass is 10.1. The van der Waals surface area contributed by atoms with Crippen LogP contribution in [0.25, 0.3) is 5.69 Å². The molecule has 0 unspecified atom stereocenters. The molecule has 0 atom stereocenters. The first-order valence-electron chi connectivity index (χ1n) is 5.27. The van der Waals surface area contributed by atoms with Crippen LogP contribution in [0.2, 0.25) is 0 Å². The summed E-state index contributed by atoms with van der Waals surface area (Å²) in [5.74, 6) is -0.675. The molecule has 3 N–H and O–H groups in total. The summed E-state index contributed by atoms with van der Waals surface area (Å²) in [6.07, 6.45) is 1.49. The summed E-state index contributed by atoms with van der Waals surface area (Å²) in [7, 11) is 0. The van der Waals surface area contributed by atoms with E-state index in [4.69, 9.17) is 5.73 Å². The fourth-order valence-corrected chi connectivity index (χ4v) is 1.63. The Labute approximate surface area is 107 Å². The predicted molar refractivity (Wildman–Crippen MR) is 64.7 cm³/mol. The van der Waals surface area contributed by atoms with E-state index in [9.17, 15) is 20.0 Å². The van der Waals surface area contributed by atoms with E-state index in [2.05, 4.69) is 5.10 Å². The number of primary amides is 1. The van der Waals surface area contributed by atoms with Gasteiger partial charge in [-0.1, -0.05) is 0 Å². The van der Waals surface area contributed by atoms with Crippen molar-refractivity contribution in [2.45, 2.75) is 6.61 Å². The lowest BCUT2D eigenvalue weighted by Gasteiger charge is -2.06. The van der Waals surface area contributed by atoms with Gasteiger partial charge in [0.2, 0.25) is 0 Å². The van der Waals surface area contributed by atoms with Crippen LogP contribution in [-0.4, -0.2) is 25.7 Å². The SMILES string of the molecule is NC(=O)c1ccn(-c2ccc([N+](=O)[O-])cc2CO)n1. The van der Waals surface area contributed by atoms with Gasteiger partial charge in [0.15, 0.2) is 0 Å². The van der Waals surface area contributed by atoms with Crippen LogP contribution in [0.15, 0.2) is 30.5 Å². The normalized spacial score (nSPS) is 10.4. The van der Waals surface area contributed by atoms with Gasteiger partial charge in [-0.05, 0) is 12.1 Å². The smallest absolute Gasteiger partial charge is 0.269 e. The highest BCUT2D eigenvalue weighted by Crippen LogP contribution is 2.21. The Balaban J connectivity index is 2.48. The van der Waals surface area contributed by atoms with E-state index >= 15 is 0 Å². The fraction of sp³-hybridized carbons (Fsp3) is 0.0909. The Bertz CT molecular complexity index is 650.